The average molecular weight is 576 g/mol. The third-order valence-electron chi connectivity index (χ3n) is 6.80. The van der Waals surface area contributed by atoms with E-state index in [0.717, 1.165) is 16.7 Å². The molecule has 2 amide bonds. The van der Waals surface area contributed by atoms with Gasteiger partial charge in [-0.3, -0.25) is 9.59 Å². The number of para-hydroxylation sites is 1. The normalized spacial score (nSPS) is 11.8. The van der Waals surface area contributed by atoms with Crippen LogP contribution in [0.15, 0.2) is 120 Å². The fraction of sp³-hybridized carbons (Fsp3) is 0.176. The molecule has 1 atom stereocenters. The summed E-state index contributed by atoms with van der Waals surface area (Å²) in [6, 6.07) is 33.3. The minimum absolute atomic E-state index is 0.0227. The monoisotopic (exact) mass is 575 g/mol. The first-order valence-corrected chi connectivity index (χ1v) is 13.9. The Balaban J connectivity index is 1.61. The van der Waals surface area contributed by atoms with E-state index in [-0.39, 0.29) is 37.2 Å². The van der Waals surface area contributed by atoms with Gasteiger partial charge in [0.1, 0.15) is 17.5 Å². The van der Waals surface area contributed by atoms with Gasteiger partial charge < -0.3 is 20.5 Å². The topological polar surface area (TPSA) is 141 Å². The van der Waals surface area contributed by atoms with Crippen molar-refractivity contribution in [1.29, 1.82) is 5.26 Å². The Hall–Kier alpha value is -5.62. The largest absolute Gasteiger partial charge is 0.508 e. The molecule has 43 heavy (non-hydrogen) atoms. The van der Waals surface area contributed by atoms with Crippen LogP contribution in [0.1, 0.15) is 35.4 Å². The molecule has 0 fully saturated rings. The van der Waals surface area contributed by atoms with Gasteiger partial charge >= 0.3 is 6.02 Å². The van der Waals surface area contributed by atoms with Crippen LogP contribution in [0.25, 0.3) is 0 Å². The highest BCUT2D eigenvalue weighted by atomic mass is 16.5. The number of carbonyl (C=O) groups excluding carboxylic acids is 2. The molecule has 4 aromatic rings. The standard InChI is InChI=1S/C34H33N5O4/c35-24-38-34(43-29-15-8-3-9-16-29)37-22-10-17-30(32(36)41)39(23-25-18-20-28(40)21-19-25)33(42)31(26-11-4-1-5-12-26)27-13-6-2-7-14-27/h1-9,11-16,18-21,30-31,40H,10,17,22-23H2,(H2,36,41)(H,37,38)/t30-/m1/s1. The second-order valence-electron chi connectivity index (χ2n) is 9.79. The number of hydrogen-bond donors (Lipinski definition) is 3. The molecule has 0 saturated carbocycles. The molecular formula is C34H33N5O4. The van der Waals surface area contributed by atoms with Crippen LogP contribution >= 0.6 is 0 Å². The van der Waals surface area contributed by atoms with Crippen LogP contribution in [0, 0.1) is 11.5 Å². The van der Waals surface area contributed by atoms with Crippen molar-refractivity contribution in [2.75, 3.05) is 6.54 Å². The summed E-state index contributed by atoms with van der Waals surface area (Å²) in [5, 5.41) is 21.3. The molecule has 0 radical (unpaired) electrons. The first-order chi connectivity index (χ1) is 21.0. The molecule has 4 N–H and O–H groups in total. The van der Waals surface area contributed by atoms with Gasteiger partial charge in [-0.1, -0.05) is 91.0 Å². The summed E-state index contributed by atoms with van der Waals surface area (Å²) in [5.74, 6) is -0.997. The summed E-state index contributed by atoms with van der Waals surface area (Å²) in [6.45, 7) is 0.313. The highest BCUT2D eigenvalue weighted by Crippen LogP contribution is 2.29. The van der Waals surface area contributed by atoms with E-state index in [1.807, 2.05) is 72.9 Å². The van der Waals surface area contributed by atoms with Crippen LogP contribution in [-0.4, -0.2) is 40.4 Å². The van der Waals surface area contributed by atoms with Gasteiger partial charge in [0.2, 0.25) is 11.8 Å². The third-order valence-corrected chi connectivity index (χ3v) is 6.80. The van der Waals surface area contributed by atoms with E-state index >= 15 is 0 Å². The first kappa shape index (κ1) is 30.3. The molecule has 9 nitrogen and oxygen atoms in total. The van der Waals surface area contributed by atoms with Gasteiger partial charge in [-0.25, -0.2) is 10.3 Å². The van der Waals surface area contributed by atoms with Crippen LogP contribution in [0.3, 0.4) is 0 Å². The summed E-state index contributed by atoms with van der Waals surface area (Å²) in [6.07, 6.45) is 2.42. The number of rotatable bonds is 12. The number of amidine groups is 1. The molecule has 0 unspecified atom stereocenters. The lowest BCUT2D eigenvalue weighted by Crippen LogP contribution is -2.49. The minimum Gasteiger partial charge on any atom is -0.508 e. The van der Waals surface area contributed by atoms with Crippen LogP contribution in [0.5, 0.6) is 11.5 Å². The second kappa shape index (κ2) is 15.4. The van der Waals surface area contributed by atoms with E-state index in [0.29, 0.717) is 12.2 Å². The van der Waals surface area contributed by atoms with Gasteiger partial charge in [0.15, 0.2) is 6.19 Å². The number of primary amides is 1. The molecule has 0 aromatic heterocycles. The van der Waals surface area contributed by atoms with E-state index in [9.17, 15) is 14.7 Å². The van der Waals surface area contributed by atoms with E-state index < -0.39 is 17.9 Å². The number of carbonyl (C=O) groups is 2. The summed E-state index contributed by atoms with van der Waals surface area (Å²) in [7, 11) is 0. The molecule has 218 valence electrons. The van der Waals surface area contributed by atoms with Crippen LogP contribution in [0.2, 0.25) is 0 Å². The number of aromatic hydroxyl groups is 1. The van der Waals surface area contributed by atoms with Crippen molar-refractivity contribution < 1.29 is 19.4 Å². The summed E-state index contributed by atoms with van der Waals surface area (Å²) >= 11 is 0. The lowest BCUT2D eigenvalue weighted by molar-refractivity contribution is -0.141. The number of ether oxygens (including phenoxy) is 1. The second-order valence-corrected chi connectivity index (χ2v) is 9.79. The van der Waals surface area contributed by atoms with Crippen LogP contribution in [-0.2, 0) is 16.1 Å². The molecule has 0 aliphatic rings. The van der Waals surface area contributed by atoms with Crippen molar-refractivity contribution in [3.05, 3.63) is 132 Å². The quantitative estimate of drug-likeness (QED) is 0.0736. The maximum Gasteiger partial charge on any atom is 0.303 e. The minimum atomic E-state index is -0.950. The van der Waals surface area contributed by atoms with Crippen molar-refractivity contribution in [3.8, 4) is 17.7 Å². The number of amides is 2. The Bertz CT molecular complexity index is 1500. The number of phenols is 1. The van der Waals surface area contributed by atoms with Gasteiger partial charge in [0.25, 0.3) is 0 Å². The molecular weight excluding hydrogens is 542 g/mol. The SMILES string of the molecule is N#CNC(=NCCC[C@H](C(N)=O)N(Cc1ccc(O)cc1)C(=O)C(c1ccccc1)c1ccccc1)Oc1ccccc1. The molecule has 4 rings (SSSR count). The maximum absolute atomic E-state index is 14.5. The summed E-state index contributed by atoms with van der Waals surface area (Å²) in [4.78, 5) is 33.3. The fourth-order valence-electron chi connectivity index (χ4n) is 4.74. The highest BCUT2D eigenvalue weighted by Gasteiger charge is 2.34. The first-order valence-electron chi connectivity index (χ1n) is 13.9. The van der Waals surface area contributed by atoms with Gasteiger partial charge in [-0.2, -0.15) is 5.26 Å². The predicted octanol–water partition coefficient (Wildman–Crippen LogP) is 4.69. The number of hydrogen-bond acceptors (Lipinski definition) is 6. The van der Waals surface area contributed by atoms with Crippen molar-refractivity contribution in [2.45, 2.75) is 31.3 Å². The highest BCUT2D eigenvalue weighted by molar-refractivity contribution is 5.92. The van der Waals surface area contributed by atoms with E-state index in [4.69, 9.17) is 15.7 Å². The van der Waals surface area contributed by atoms with Crippen molar-refractivity contribution in [3.63, 3.8) is 0 Å². The van der Waals surface area contributed by atoms with Gasteiger partial charge in [-0.15, -0.1) is 0 Å². The van der Waals surface area contributed by atoms with Crippen molar-refractivity contribution in [1.82, 2.24) is 10.2 Å². The van der Waals surface area contributed by atoms with E-state index in [1.54, 1.807) is 36.4 Å². The molecule has 9 heteroatoms. The Labute approximate surface area is 250 Å². The number of aliphatic imine (C=N–C) groups is 1. The van der Waals surface area contributed by atoms with Gasteiger partial charge in [0, 0.05) is 13.1 Å². The molecule has 4 aromatic carbocycles. The number of phenolic OH excluding ortho intramolecular Hbond substituents is 1. The molecule has 0 aliphatic heterocycles. The number of nitrogens with zero attached hydrogens (tertiary/aromatic N) is 3. The molecule has 0 heterocycles. The lowest BCUT2D eigenvalue weighted by atomic mass is 9.89. The van der Waals surface area contributed by atoms with E-state index in [2.05, 4.69) is 10.3 Å². The Morgan fingerprint density at radius 2 is 1.44 bits per heavy atom. The predicted molar refractivity (Wildman–Crippen MR) is 164 cm³/mol. The fourth-order valence-corrected chi connectivity index (χ4v) is 4.74. The molecule has 0 aliphatic carbocycles. The lowest BCUT2D eigenvalue weighted by Gasteiger charge is -2.33. The number of nitriles is 1. The average Bonchev–Trinajstić information content (AvgIpc) is 3.02. The van der Waals surface area contributed by atoms with Crippen molar-refractivity contribution in [2.24, 2.45) is 10.7 Å². The smallest absolute Gasteiger partial charge is 0.303 e. The Kier molecular flexibility index (Phi) is 10.9. The maximum atomic E-state index is 14.5. The van der Waals surface area contributed by atoms with Crippen LogP contribution < -0.4 is 15.8 Å². The van der Waals surface area contributed by atoms with E-state index in [1.165, 1.54) is 17.0 Å². The zero-order valence-electron chi connectivity index (χ0n) is 23.5. The van der Waals surface area contributed by atoms with Crippen LogP contribution in [0.4, 0.5) is 0 Å². The Morgan fingerprint density at radius 3 is 1.98 bits per heavy atom. The van der Waals surface area contributed by atoms with Crippen molar-refractivity contribution >= 4 is 17.8 Å². The summed E-state index contributed by atoms with van der Waals surface area (Å²) in [5.41, 5.74) is 8.23. The zero-order chi connectivity index (χ0) is 30.4. The third kappa shape index (κ3) is 8.68. The number of nitrogens with two attached hydrogens (primary N) is 1. The van der Waals surface area contributed by atoms with Gasteiger partial charge in [-0.05, 0) is 53.8 Å². The number of nitrogens with one attached hydrogen (secondary N) is 1. The Morgan fingerprint density at radius 1 is 0.884 bits per heavy atom. The molecule has 0 bridgehead atoms. The molecule has 0 spiro atoms. The molecule has 0 saturated heterocycles. The zero-order valence-corrected chi connectivity index (χ0v) is 23.5. The summed E-state index contributed by atoms with van der Waals surface area (Å²) < 4.78 is 5.65. The van der Waals surface area contributed by atoms with Gasteiger partial charge in [0.05, 0.1) is 5.92 Å². The number of benzene rings is 4.